The van der Waals surface area contributed by atoms with Gasteiger partial charge in [0.25, 0.3) is 5.91 Å². The van der Waals surface area contributed by atoms with Crippen LogP contribution >= 0.6 is 0 Å². The zero-order valence-corrected chi connectivity index (χ0v) is 13.0. The third kappa shape index (κ3) is 5.45. The lowest BCUT2D eigenvalue weighted by molar-refractivity contribution is -0.145. The molecule has 5 heteroatoms. The van der Waals surface area contributed by atoms with Crippen LogP contribution in [0.15, 0.2) is 24.3 Å². The summed E-state index contributed by atoms with van der Waals surface area (Å²) in [5.41, 5.74) is 0.620. The molecule has 1 unspecified atom stereocenters. The maximum Gasteiger partial charge on any atom is 0.326 e. The lowest BCUT2D eigenvalue weighted by Gasteiger charge is -2.27. The molecular formula is C16H23NO4. The van der Waals surface area contributed by atoms with Gasteiger partial charge >= 0.3 is 5.97 Å². The fourth-order valence-corrected chi connectivity index (χ4v) is 1.82. The van der Waals surface area contributed by atoms with Crippen molar-refractivity contribution < 1.29 is 19.4 Å². The molecule has 0 aliphatic rings. The first-order valence-electron chi connectivity index (χ1n) is 6.98. The van der Waals surface area contributed by atoms with Crippen molar-refractivity contribution >= 4 is 11.9 Å². The van der Waals surface area contributed by atoms with Crippen LogP contribution < -0.4 is 10.1 Å². The van der Waals surface area contributed by atoms with Gasteiger partial charge in [-0.15, -0.1) is 0 Å². The molecule has 0 spiro atoms. The average molecular weight is 293 g/mol. The van der Waals surface area contributed by atoms with Gasteiger partial charge in [-0.05, 0) is 29.5 Å². The third-order valence-corrected chi connectivity index (χ3v) is 3.12. The maximum absolute atomic E-state index is 11.8. The first-order chi connectivity index (χ1) is 9.74. The van der Waals surface area contributed by atoms with Crippen LogP contribution in [0.5, 0.6) is 5.75 Å². The Bertz CT molecular complexity index is 488. The van der Waals surface area contributed by atoms with Crippen molar-refractivity contribution in [3.05, 3.63) is 29.8 Å². The van der Waals surface area contributed by atoms with Crippen molar-refractivity contribution in [3.8, 4) is 5.75 Å². The number of hydrogen-bond donors (Lipinski definition) is 2. The molecule has 21 heavy (non-hydrogen) atoms. The molecule has 0 radical (unpaired) electrons. The summed E-state index contributed by atoms with van der Waals surface area (Å²) >= 11 is 0. The monoisotopic (exact) mass is 293 g/mol. The van der Waals surface area contributed by atoms with Crippen LogP contribution in [0.1, 0.15) is 33.3 Å². The zero-order chi connectivity index (χ0) is 16.0. The fourth-order valence-electron chi connectivity index (χ4n) is 1.82. The summed E-state index contributed by atoms with van der Waals surface area (Å²) in [5.74, 6) is -0.912. The van der Waals surface area contributed by atoms with Crippen molar-refractivity contribution in [3.63, 3.8) is 0 Å². The number of rotatable bonds is 6. The summed E-state index contributed by atoms with van der Waals surface area (Å²) in [4.78, 5) is 23.0. The number of benzene rings is 1. The molecule has 1 atom stereocenters. The Morgan fingerprint density at radius 3 is 2.24 bits per heavy atom. The lowest BCUT2D eigenvalue weighted by atomic mass is 9.87. The topological polar surface area (TPSA) is 75.6 Å². The Balaban J connectivity index is 2.54. The minimum Gasteiger partial charge on any atom is -0.484 e. The van der Waals surface area contributed by atoms with Gasteiger partial charge in [-0.2, -0.15) is 0 Å². The normalized spacial score (nSPS) is 12.6. The van der Waals surface area contributed by atoms with Crippen molar-refractivity contribution in [2.75, 3.05) is 6.61 Å². The number of carboxylic acid groups (broad SMARTS) is 1. The number of nitrogens with one attached hydrogen (secondary N) is 1. The zero-order valence-electron chi connectivity index (χ0n) is 13.0. The van der Waals surface area contributed by atoms with E-state index in [0.717, 1.165) is 6.42 Å². The molecule has 0 saturated heterocycles. The van der Waals surface area contributed by atoms with Crippen LogP contribution in [0, 0.1) is 5.41 Å². The Morgan fingerprint density at radius 2 is 1.81 bits per heavy atom. The Kier molecular flexibility index (Phi) is 5.76. The number of amides is 1. The molecule has 1 aromatic carbocycles. The highest BCUT2D eigenvalue weighted by Crippen LogP contribution is 2.19. The van der Waals surface area contributed by atoms with E-state index in [9.17, 15) is 9.59 Å². The summed E-state index contributed by atoms with van der Waals surface area (Å²) in [6.07, 6.45) is 0.937. The maximum atomic E-state index is 11.8. The molecule has 0 aromatic heterocycles. The summed E-state index contributed by atoms with van der Waals surface area (Å²) in [6, 6.07) is 6.51. The Hall–Kier alpha value is -2.04. The molecule has 1 amide bonds. The summed E-state index contributed by atoms with van der Waals surface area (Å²) < 4.78 is 5.36. The van der Waals surface area contributed by atoms with Crippen LogP contribution in [-0.4, -0.2) is 29.6 Å². The van der Waals surface area contributed by atoms with E-state index in [1.165, 1.54) is 5.56 Å². The van der Waals surface area contributed by atoms with Crippen molar-refractivity contribution in [1.82, 2.24) is 5.32 Å². The van der Waals surface area contributed by atoms with Gasteiger partial charge in [0.15, 0.2) is 6.61 Å². The minimum absolute atomic E-state index is 0.203. The molecule has 116 valence electrons. The fraction of sp³-hybridized carbons (Fsp3) is 0.500. The van der Waals surface area contributed by atoms with Crippen LogP contribution in [0.3, 0.4) is 0 Å². The Labute approximate surface area is 125 Å². The second-order valence-corrected chi connectivity index (χ2v) is 5.99. The molecule has 0 bridgehead atoms. The van der Waals surface area contributed by atoms with Gasteiger partial charge in [0.2, 0.25) is 0 Å². The summed E-state index contributed by atoms with van der Waals surface area (Å²) in [7, 11) is 0. The van der Waals surface area contributed by atoms with Gasteiger partial charge in [0.05, 0.1) is 0 Å². The largest absolute Gasteiger partial charge is 0.484 e. The number of aryl methyl sites for hydroxylation is 1. The predicted molar refractivity (Wildman–Crippen MR) is 80.3 cm³/mol. The average Bonchev–Trinajstić information content (AvgIpc) is 2.41. The van der Waals surface area contributed by atoms with Crippen LogP contribution in [0.4, 0.5) is 0 Å². The smallest absolute Gasteiger partial charge is 0.326 e. The number of ether oxygens (including phenoxy) is 1. The number of aliphatic carboxylic acids is 1. The van der Waals surface area contributed by atoms with Gasteiger partial charge < -0.3 is 15.2 Å². The molecule has 1 aromatic rings. The summed E-state index contributed by atoms with van der Waals surface area (Å²) in [6.45, 7) is 7.14. The number of carbonyl (C=O) groups is 2. The van der Waals surface area contributed by atoms with Gasteiger partial charge in [0, 0.05) is 0 Å². The highest BCUT2D eigenvalue weighted by atomic mass is 16.5. The molecule has 5 nitrogen and oxygen atoms in total. The van der Waals surface area contributed by atoms with E-state index in [0.29, 0.717) is 5.75 Å². The molecule has 0 heterocycles. The predicted octanol–water partition coefficient (Wildman–Crippen LogP) is 2.24. The van der Waals surface area contributed by atoms with Gasteiger partial charge in [-0.3, -0.25) is 4.79 Å². The van der Waals surface area contributed by atoms with Crippen molar-refractivity contribution in [2.45, 2.75) is 40.2 Å². The van der Waals surface area contributed by atoms with E-state index in [-0.39, 0.29) is 6.61 Å². The van der Waals surface area contributed by atoms with Crippen LogP contribution in [0.2, 0.25) is 0 Å². The number of carbonyl (C=O) groups excluding carboxylic acids is 1. The standard InChI is InChI=1S/C16H23NO4/c1-5-11-6-8-12(9-7-11)21-10-13(18)17-14(15(19)20)16(2,3)4/h6-9,14H,5,10H2,1-4H3,(H,17,18)(H,19,20). The van der Waals surface area contributed by atoms with E-state index >= 15 is 0 Å². The van der Waals surface area contributed by atoms with Gasteiger partial charge in [-0.25, -0.2) is 4.79 Å². The van der Waals surface area contributed by atoms with E-state index in [2.05, 4.69) is 12.2 Å². The van der Waals surface area contributed by atoms with E-state index in [4.69, 9.17) is 9.84 Å². The number of hydrogen-bond acceptors (Lipinski definition) is 3. The van der Waals surface area contributed by atoms with Crippen molar-refractivity contribution in [1.29, 1.82) is 0 Å². The van der Waals surface area contributed by atoms with Crippen LogP contribution in [-0.2, 0) is 16.0 Å². The molecule has 0 aliphatic carbocycles. The van der Waals surface area contributed by atoms with Crippen molar-refractivity contribution in [2.24, 2.45) is 5.41 Å². The molecular weight excluding hydrogens is 270 g/mol. The highest BCUT2D eigenvalue weighted by molar-refractivity contribution is 5.84. The molecule has 0 aliphatic heterocycles. The highest BCUT2D eigenvalue weighted by Gasteiger charge is 2.32. The first-order valence-corrected chi connectivity index (χ1v) is 6.98. The molecule has 0 fully saturated rings. The molecule has 1 rings (SSSR count). The summed E-state index contributed by atoms with van der Waals surface area (Å²) in [5, 5.41) is 11.6. The third-order valence-electron chi connectivity index (χ3n) is 3.12. The van der Waals surface area contributed by atoms with E-state index in [1.807, 2.05) is 12.1 Å². The molecule has 2 N–H and O–H groups in total. The molecule has 0 saturated carbocycles. The van der Waals surface area contributed by atoms with Gasteiger partial charge in [0.1, 0.15) is 11.8 Å². The Morgan fingerprint density at radius 1 is 1.24 bits per heavy atom. The minimum atomic E-state index is -1.05. The second kappa shape index (κ2) is 7.11. The van der Waals surface area contributed by atoms with E-state index < -0.39 is 23.3 Å². The first kappa shape index (κ1) is 17.0. The quantitative estimate of drug-likeness (QED) is 0.843. The lowest BCUT2D eigenvalue weighted by Crippen LogP contribution is -2.50. The van der Waals surface area contributed by atoms with E-state index in [1.54, 1.807) is 32.9 Å². The SMILES string of the molecule is CCc1ccc(OCC(=O)NC(C(=O)O)C(C)(C)C)cc1. The second-order valence-electron chi connectivity index (χ2n) is 5.99. The van der Waals surface area contributed by atoms with Crippen LogP contribution in [0.25, 0.3) is 0 Å². The number of carboxylic acids is 1. The van der Waals surface area contributed by atoms with Gasteiger partial charge in [-0.1, -0.05) is 39.8 Å².